The number of hydrogen-bond acceptors (Lipinski definition) is 6. The summed E-state index contributed by atoms with van der Waals surface area (Å²) in [5.74, 6) is 0.152. The zero-order valence-electron chi connectivity index (χ0n) is 9.46. The average Bonchev–Trinajstić information content (AvgIpc) is 3.00. The van der Waals surface area contributed by atoms with Crippen LogP contribution in [0.5, 0.6) is 0 Å². The van der Waals surface area contributed by atoms with Crippen LogP contribution in [0.1, 0.15) is 17.9 Å². The minimum Gasteiger partial charge on any atom is -0.384 e. The number of nitrogens with zero attached hydrogens (tertiary/aromatic N) is 3. The molecule has 0 fully saturated rings. The second kappa shape index (κ2) is 4.69. The topological polar surface area (TPSA) is 79.8 Å². The summed E-state index contributed by atoms with van der Waals surface area (Å²) >= 11 is 1.07. The highest BCUT2D eigenvalue weighted by Crippen LogP contribution is 2.33. The predicted octanol–water partition coefficient (Wildman–Crippen LogP) is 1.47. The zero-order valence-corrected chi connectivity index (χ0v) is 10.3. The van der Waals surface area contributed by atoms with Crippen molar-refractivity contribution in [3.05, 3.63) is 29.8 Å². The van der Waals surface area contributed by atoms with Crippen molar-refractivity contribution in [3.63, 3.8) is 0 Å². The number of fused-ring (bicyclic) bond motifs is 1. The molecule has 2 N–H and O–H groups in total. The molecule has 1 aromatic heterocycles. The van der Waals surface area contributed by atoms with E-state index < -0.39 is 0 Å². The lowest BCUT2D eigenvalue weighted by Gasteiger charge is -2.08. The van der Waals surface area contributed by atoms with E-state index in [-0.39, 0.29) is 11.8 Å². The van der Waals surface area contributed by atoms with Gasteiger partial charge >= 0.3 is 0 Å². The molecule has 2 aromatic rings. The van der Waals surface area contributed by atoms with Crippen LogP contribution in [0.2, 0.25) is 0 Å². The lowest BCUT2D eigenvalue weighted by Crippen LogP contribution is -2.16. The quantitative estimate of drug-likeness (QED) is 0.874. The third kappa shape index (κ3) is 2.17. The van der Waals surface area contributed by atoms with Gasteiger partial charge in [-0.15, -0.1) is 0 Å². The van der Waals surface area contributed by atoms with Gasteiger partial charge in [0.25, 0.3) is 0 Å². The Kier molecular flexibility index (Phi) is 2.89. The monoisotopic (exact) mass is 261 g/mol. The third-order valence-electron chi connectivity index (χ3n) is 2.92. The van der Waals surface area contributed by atoms with E-state index >= 15 is 0 Å². The van der Waals surface area contributed by atoms with Crippen LogP contribution in [0.4, 0.5) is 10.8 Å². The average molecular weight is 261 g/mol. The minimum atomic E-state index is -0.0583. The fraction of sp³-hybridized carbons (Fsp3) is 0.273. The summed E-state index contributed by atoms with van der Waals surface area (Å²) in [5, 5.41) is 13.6. The summed E-state index contributed by atoms with van der Waals surface area (Å²) in [4.78, 5) is 11.8. The molecule has 0 saturated carbocycles. The van der Waals surface area contributed by atoms with Crippen molar-refractivity contribution in [1.82, 2.24) is 14.8 Å². The molecule has 0 bridgehead atoms. The fourth-order valence-electron chi connectivity index (χ4n) is 2.12. The molecule has 92 valence electrons. The molecule has 0 saturated heterocycles. The van der Waals surface area contributed by atoms with Crippen LogP contribution in [0, 0.1) is 0 Å². The predicted molar refractivity (Wildman–Crippen MR) is 68.6 cm³/mol. The van der Waals surface area contributed by atoms with E-state index in [4.69, 9.17) is 0 Å². The number of hydrogen-bond donors (Lipinski definition) is 2. The van der Waals surface area contributed by atoms with Gasteiger partial charge in [-0.2, -0.15) is 0 Å². The van der Waals surface area contributed by atoms with E-state index in [2.05, 4.69) is 31.5 Å². The molecule has 6 nitrogen and oxygen atoms in total. The first-order valence-electron chi connectivity index (χ1n) is 5.60. The molecular weight excluding hydrogens is 250 g/mol. The van der Waals surface area contributed by atoms with Gasteiger partial charge in [0.2, 0.25) is 11.0 Å². The standard InChI is InChI=1S/C11H11N5OS/c17-10(13-11-14-15-16-18-11)5-7-6-12-9-4-2-1-3-8(7)9/h1-4,7,12H,5-6H2,(H,13,14,16,17). The number of aromatic nitrogens is 3. The Morgan fingerprint density at radius 2 is 2.39 bits per heavy atom. The second-order valence-corrected chi connectivity index (χ2v) is 4.82. The molecule has 3 rings (SSSR count). The van der Waals surface area contributed by atoms with Crippen molar-refractivity contribution in [1.29, 1.82) is 0 Å². The molecule has 0 aliphatic carbocycles. The van der Waals surface area contributed by atoms with Crippen molar-refractivity contribution < 1.29 is 4.79 Å². The summed E-state index contributed by atoms with van der Waals surface area (Å²) in [7, 11) is 0. The number of benzene rings is 1. The van der Waals surface area contributed by atoms with Crippen LogP contribution in [0.15, 0.2) is 24.3 Å². The summed E-state index contributed by atoms with van der Waals surface area (Å²) in [5.41, 5.74) is 2.32. The van der Waals surface area contributed by atoms with Crippen LogP contribution >= 0.6 is 11.5 Å². The van der Waals surface area contributed by atoms with Crippen molar-refractivity contribution in [2.75, 3.05) is 17.2 Å². The Bertz CT molecular complexity index is 556. The molecule has 1 unspecified atom stereocenters. The summed E-state index contributed by atoms with van der Waals surface area (Å²) in [6, 6.07) is 8.06. The van der Waals surface area contributed by atoms with Crippen LogP contribution < -0.4 is 10.6 Å². The smallest absolute Gasteiger partial charge is 0.231 e. The van der Waals surface area contributed by atoms with Crippen molar-refractivity contribution in [2.24, 2.45) is 0 Å². The molecule has 1 aliphatic rings. The molecule has 7 heteroatoms. The van der Waals surface area contributed by atoms with E-state index in [1.165, 1.54) is 5.56 Å². The number of amides is 1. The zero-order chi connectivity index (χ0) is 12.4. The first kappa shape index (κ1) is 11.1. The van der Waals surface area contributed by atoms with Gasteiger partial charge in [0.05, 0.1) is 0 Å². The molecule has 1 aliphatic heterocycles. The second-order valence-electron chi connectivity index (χ2n) is 4.08. The van der Waals surface area contributed by atoms with Crippen LogP contribution in [-0.4, -0.2) is 27.3 Å². The van der Waals surface area contributed by atoms with Gasteiger partial charge in [-0.25, -0.2) is 0 Å². The van der Waals surface area contributed by atoms with Gasteiger partial charge < -0.3 is 5.32 Å². The van der Waals surface area contributed by atoms with Gasteiger partial charge in [-0.3, -0.25) is 10.1 Å². The van der Waals surface area contributed by atoms with Crippen LogP contribution in [0.25, 0.3) is 0 Å². The Balaban J connectivity index is 1.66. The number of anilines is 2. The third-order valence-corrected chi connectivity index (χ3v) is 3.43. The normalized spacial score (nSPS) is 17.0. The van der Waals surface area contributed by atoms with Gasteiger partial charge in [0.1, 0.15) is 0 Å². The minimum absolute atomic E-state index is 0.0583. The largest absolute Gasteiger partial charge is 0.384 e. The Labute approximate surface area is 108 Å². The van der Waals surface area contributed by atoms with E-state index in [9.17, 15) is 4.79 Å². The maximum atomic E-state index is 11.8. The van der Waals surface area contributed by atoms with Crippen LogP contribution in [0.3, 0.4) is 0 Å². The highest BCUT2D eigenvalue weighted by molar-refractivity contribution is 7.09. The Morgan fingerprint density at radius 3 is 3.22 bits per heavy atom. The van der Waals surface area contributed by atoms with E-state index in [1.54, 1.807) is 0 Å². The first-order valence-corrected chi connectivity index (χ1v) is 6.38. The molecule has 2 heterocycles. The highest BCUT2D eigenvalue weighted by atomic mass is 32.1. The lowest BCUT2D eigenvalue weighted by molar-refractivity contribution is -0.116. The van der Waals surface area contributed by atoms with E-state index in [0.29, 0.717) is 11.6 Å². The highest BCUT2D eigenvalue weighted by Gasteiger charge is 2.24. The van der Waals surface area contributed by atoms with Crippen LogP contribution in [-0.2, 0) is 4.79 Å². The molecule has 0 radical (unpaired) electrons. The number of carbonyl (C=O) groups is 1. The van der Waals surface area contributed by atoms with E-state index in [1.807, 2.05) is 18.2 Å². The lowest BCUT2D eigenvalue weighted by atomic mass is 9.98. The maximum Gasteiger partial charge on any atom is 0.231 e. The van der Waals surface area contributed by atoms with Crippen molar-refractivity contribution >= 4 is 28.3 Å². The summed E-state index contributed by atoms with van der Waals surface area (Å²) in [6.45, 7) is 0.793. The molecule has 18 heavy (non-hydrogen) atoms. The summed E-state index contributed by atoms with van der Waals surface area (Å²) in [6.07, 6.45) is 0.434. The number of carbonyl (C=O) groups excluding carboxylic acids is 1. The molecule has 1 amide bonds. The number of para-hydroxylation sites is 1. The first-order chi connectivity index (χ1) is 8.83. The molecule has 1 atom stereocenters. The van der Waals surface area contributed by atoms with Crippen molar-refractivity contribution in [3.8, 4) is 0 Å². The molecule has 1 aromatic carbocycles. The van der Waals surface area contributed by atoms with Gasteiger partial charge in [-0.05, 0) is 16.8 Å². The Morgan fingerprint density at radius 1 is 1.50 bits per heavy atom. The maximum absolute atomic E-state index is 11.8. The number of rotatable bonds is 3. The van der Waals surface area contributed by atoms with Gasteiger partial charge in [0.15, 0.2) is 0 Å². The molecular formula is C11H11N5OS. The van der Waals surface area contributed by atoms with Crippen molar-refractivity contribution in [2.45, 2.75) is 12.3 Å². The van der Waals surface area contributed by atoms with Gasteiger partial charge in [-0.1, -0.05) is 27.8 Å². The van der Waals surface area contributed by atoms with E-state index in [0.717, 1.165) is 23.8 Å². The molecule has 0 spiro atoms. The Hall–Kier alpha value is -2.02. The number of nitrogens with one attached hydrogen (secondary N) is 2. The summed E-state index contributed by atoms with van der Waals surface area (Å²) < 4.78 is 3.60. The van der Waals surface area contributed by atoms with Gasteiger partial charge in [0, 0.05) is 36.1 Å². The fourth-order valence-corrected chi connectivity index (χ4v) is 2.50. The SMILES string of the molecule is O=C(CC1CNc2ccccc21)Nc1nnns1.